The van der Waals surface area contributed by atoms with E-state index in [1.807, 2.05) is 0 Å². The average Bonchev–Trinajstić information content (AvgIpc) is 2.25. The smallest absolute Gasteiger partial charge is 0.0297 e. The summed E-state index contributed by atoms with van der Waals surface area (Å²) in [6.45, 7) is 27.2. The van der Waals surface area contributed by atoms with Gasteiger partial charge in [0.1, 0.15) is 0 Å². The molecule has 0 rings (SSSR count). The molecule has 2 heteroatoms. The maximum atomic E-state index is 4.44. The predicted octanol–water partition coefficient (Wildman–Crippen LogP) is 4.56. The molecule has 0 aromatic heterocycles. The van der Waals surface area contributed by atoms with E-state index in [0.717, 1.165) is 0 Å². The lowest BCUT2D eigenvalue weighted by atomic mass is 9.96. The third-order valence-electron chi connectivity index (χ3n) is 4.35. The molecule has 20 heavy (non-hydrogen) atoms. The van der Waals surface area contributed by atoms with Gasteiger partial charge in [-0.2, -0.15) is 0 Å². The van der Waals surface area contributed by atoms with Crippen molar-refractivity contribution in [3.8, 4) is 0 Å². The first-order valence-corrected chi connectivity index (χ1v) is 8.25. The Kier molecular flexibility index (Phi) is 8.05. The maximum Gasteiger partial charge on any atom is 0.0297 e. The van der Waals surface area contributed by atoms with Crippen molar-refractivity contribution in [1.82, 2.24) is 9.80 Å². The summed E-state index contributed by atoms with van der Waals surface area (Å²) in [5, 5.41) is 0. The normalized spacial score (nSPS) is 16.0. The van der Waals surface area contributed by atoms with Crippen molar-refractivity contribution in [3.63, 3.8) is 0 Å². The summed E-state index contributed by atoms with van der Waals surface area (Å²) < 4.78 is 0. The fourth-order valence-corrected chi connectivity index (χ4v) is 3.71. The quantitative estimate of drug-likeness (QED) is 0.602. The van der Waals surface area contributed by atoms with Gasteiger partial charge in [0, 0.05) is 36.3 Å². The van der Waals surface area contributed by atoms with Crippen molar-refractivity contribution in [2.75, 3.05) is 0 Å². The molecule has 0 aromatic rings. The zero-order chi connectivity index (χ0) is 16.2. The lowest BCUT2D eigenvalue weighted by Crippen LogP contribution is -2.51. The highest BCUT2D eigenvalue weighted by Crippen LogP contribution is 2.23. The van der Waals surface area contributed by atoms with E-state index in [1.54, 1.807) is 0 Å². The Balaban J connectivity index is 5.12. The van der Waals surface area contributed by atoms with Crippen LogP contribution in [0.2, 0.25) is 0 Å². The molecule has 0 aliphatic carbocycles. The van der Waals surface area contributed by atoms with Gasteiger partial charge in [-0.25, -0.2) is 0 Å². The van der Waals surface area contributed by atoms with Crippen LogP contribution in [-0.4, -0.2) is 46.1 Å². The molecule has 0 bridgehead atoms. The molecular weight excluding hydrogens is 244 g/mol. The molecule has 0 N–H and O–H groups in total. The molecule has 0 aliphatic rings. The summed E-state index contributed by atoms with van der Waals surface area (Å²) in [7, 11) is 0. The van der Waals surface area contributed by atoms with E-state index < -0.39 is 0 Å². The first-order valence-electron chi connectivity index (χ1n) is 8.25. The van der Waals surface area contributed by atoms with Gasteiger partial charge in [-0.3, -0.25) is 9.80 Å². The summed E-state index contributed by atoms with van der Waals surface area (Å²) in [6.07, 6.45) is 0. The predicted molar refractivity (Wildman–Crippen MR) is 92.3 cm³/mol. The molecule has 2 atom stereocenters. The minimum Gasteiger partial charge on any atom is -0.292 e. The minimum absolute atomic E-state index is 0.407. The average molecular weight is 283 g/mol. The number of hydrogen-bond acceptors (Lipinski definition) is 2. The third-order valence-corrected chi connectivity index (χ3v) is 4.35. The van der Waals surface area contributed by atoms with E-state index in [4.69, 9.17) is 0 Å². The van der Waals surface area contributed by atoms with Crippen LogP contribution in [0.1, 0.15) is 69.2 Å². The zero-order valence-corrected chi connectivity index (χ0v) is 15.6. The molecule has 120 valence electrons. The summed E-state index contributed by atoms with van der Waals surface area (Å²) >= 11 is 0. The first kappa shape index (κ1) is 19.7. The highest BCUT2D eigenvalue weighted by Gasteiger charge is 2.29. The summed E-state index contributed by atoms with van der Waals surface area (Å²) in [5.74, 6) is 0. The maximum absolute atomic E-state index is 4.44. The largest absolute Gasteiger partial charge is 0.292 e. The van der Waals surface area contributed by atoms with Crippen LogP contribution in [0, 0.1) is 0 Å². The van der Waals surface area contributed by atoms with E-state index in [0.29, 0.717) is 36.3 Å². The van der Waals surface area contributed by atoms with E-state index in [-0.39, 0.29) is 0 Å². The van der Waals surface area contributed by atoms with Crippen molar-refractivity contribution in [3.05, 3.63) is 12.2 Å². The Bertz CT molecular complexity index is 248. The molecule has 0 aromatic carbocycles. The molecular formula is C18H38N2. The zero-order valence-electron chi connectivity index (χ0n) is 15.6. The van der Waals surface area contributed by atoms with Crippen LogP contribution < -0.4 is 0 Å². The summed E-state index contributed by atoms with van der Waals surface area (Å²) in [5.41, 5.74) is 1.33. The Morgan fingerprint density at radius 2 is 0.750 bits per heavy atom. The molecule has 2 unspecified atom stereocenters. The highest BCUT2D eigenvalue weighted by atomic mass is 15.2. The number of nitrogens with zero attached hydrogens (tertiary/aromatic N) is 2. The van der Waals surface area contributed by atoms with E-state index >= 15 is 0 Å². The van der Waals surface area contributed by atoms with Crippen LogP contribution in [0.5, 0.6) is 0 Å². The molecule has 0 radical (unpaired) electrons. The van der Waals surface area contributed by atoms with Gasteiger partial charge in [-0.05, 0) is 74.8 Å². The Hall–Kier alpha value is -0.340. The highest BCUT2D eigenvalue weighted by molar-refractivity contribution is 5.14. The van der Waals surface area contributed by atoms with Crippen molar-refractivity contribution < 1.29 is 0 Å². The Morgan fingerprint density at radius 3 is 0.900 bits per heavy atom. The molecule has 0 saturated carbocycles. The first-order chi connectivity index (χ1) is 9.02. The fourth-order valence-electron chi connectivity index (χ4n) is 3.71. The Morgan fingerprint density at radius 1 is 0.550 bits per heavy atom. The van der Waals surface area contributed by atoms with Crippen molar-refractivity contribution in [2.24, 2.45) is 0 Å². The van der Waals surface area contributed by atoms with Gasteiger partial charge in [-0.1, -0.05) is 6.58 Å². The van der Waals surface area contributed by atoms with Gasteiger partial charge in [0.15, 0.2) is 0 Å². The van der Waals surface area contributed by atoms with E-state index in [9.17, 15) is 0 Å². The molecule has 0 spiro atoms. The van der Waals surface area contributed by atoms with Gasteiger partial charge >= 0.3 is 0 Å². The minimum atomic E-state index is 0.407. The van der Waals surface area contributed by atoms with Gasteiger partial charge in [-0.15, -0.1) is 0 Å². The van der Waals surface area contributed by atoms with Crippen LogP contribution in [0.15, 0.2) is 12.2 Å². The van der Waals surface area contributed by atoms with Crippen LogP contribution in [0.25, 0.3) is 0 Å². The topological polar surface area (TPSA) is 6.48 Å². The van der Waals surface area contributed by atoms with Crippen molar-refractivity contribution in [1.29, 1.82) is 0 Å². The lowest BCUT2D eigenvalue weighted by molar-refractivity contribution is 0.103. The monoisotopic (exact) mass is 282 g/mol. The van der Waals surface area contributed by atoms with Gasteiger partial charge in [0.05, 0.1) is 0 Å². The standard InChI is InChI=1S/C18H38N2/c1-12(2)19(13(3)4)17(10)16(9)18(11)20(14(5)6)15(7)8/h12-15,17-18H,9H2,1-8,10-11H3. The van der Waals surface area contributed by atoms with E-state index in [2.05, 4.69) is 85.6 Å². The molecule has 0 saturated heterocycles. The van der Waals surface area contributed by atoms with Gasteiger partial charge in [0.2, 0.25) is 0 Å². The molecule has 0 amide bonds. The van der Waals surface area contributed by atoms with Crippen molar-refractivity contribution >= 4 is 0 Å². The van der Waals surface area contributed by atoms with Crippen LogP contribution in [-0.2, 0) is 0 Å². The van der Waals surface area contributed by atoms with Crippen LogP contribution >= 0.6 is 0 Å². The Labute approximate surface area is 128 Å². The van der Waals surface area contributed by atoms with Crippen LogP contribution in [0.4, 0.5) is 0 Å². The molecule has 0 heterocycles. The van der Waals surface area contributed by atoms with E-state index in [1.165, 1.54) is 5.57 Å². The van der Waals surface area contributed by atoms with Crippen molar-refractivity contribution in [2.45, 2.75) is 105 Å². The molecule has 0 aliphatic heterocycles. The second-order valence-electron chi connectivity index (χ2n) is 7.20. The summed E-state index contributed by atoms with van der Waals surface area (Å²) in [4.78, 5) is 5.11. The van der Waals surface area contributed by atoms with Gasteiger partial charge in [0.25, 0.3) is 0 Å². The molecule has 0 fully saturated rings. The second-order valence-corrected chi connectivity index (χ2v) is 7.20. The third kappa shape index (κ3) is 4.89. The SMILES string of the molecule is C=C(C(C)N(C(C)C)C(C)C)C(C)N(C(C)C)C(C)C. The molecule has 2 nitrogen and oxygen atoms in total. The van der Waals surface area contributed by atoms with Gasteiger partial charge < -0.3 is 0 Å². The fraction of sp³-hybridized carbons (Fsp3) is 0.889. The summed E-state index contributed by atoms with van der Waals surface area (Å²) in [6, 6.07) is 2.98. The second kappa shape index (κ2) is 8.19. The number of rotatable bonds is 8. The number of hydrogen-bond donors (Lipinski definition) is 0. The lowest BCUT2D eigenvalue weighted by Gasteiger charge is -2.43. The van der Waals surface area contributed by atoms with Crippen LogP contribution in [0.3, 0.4) is 0 Å².